The summed E-state index contributed by atoms with van der Waals surface area (Å²) in [6.07, 6.45) is 8.64. The second-order valence-corrected chi connectivity index (χ2v) is 6.59. The fraction of sp³-hybridized carbons (Fsp3) is 0.500. The molecule has 0 aliphatic heterocycles. The molecule has 30 heavy (non-hydrogen) atoms. The van der Waals surface area contributed by atoms with Gasteiger partial charge in [-0.05, 0) is 26.0 Å². The van der Waals surface area contributed by atoms with Crippen LogP contribution < -0.4 is 5.48 Å². The molecule has 1 saturated carbocycles. The Morgan fingerprint density at radius 3 is 1.30 bits per heavy atom. The van der Waals surface area contributed by atoms with E-state index in [0.717, 1.165) is 5.69 Å². The number of aryl methyl sites for hydroxylation is 2. The van der Waals surface area contributed by atoms with E-state index in [0.29, 0.717) is 5.69 Å². The number of nitrogens with one attached hydrogen (secondary N) is 2. The molecule has 0 spiro atoms. The van der Waals surface area contributed by atoms with Gasteiger partial charge in [-0.15, -0.1) is 5.69 Å². The van der Waals surface area contributed by atoms with Crippen LogP contribution in [0.3, 0.4) is 0 Å². The van der Waals surface area contributed by atoms with E-state index in [4.69, 9.17) is 10.9 Å². The van der Waals surface area contributed by atoms with Crippen molar-refractivity contribution in [3.8, 4) is 0 Å². The van der Waals surface area contributed by atoms with Gasteiger partial charge in [-0.3, -0.25) is 10.7 Å². The van der Waals surface area contributed by atoms with Crippen LogP contribution in [0.4, 0.5) is 11.4 Å². The zero-order valence-electron chi connectivity index (χ0n) is 19.7. The van der Waals surface area contributed by atoms with Crippen LogP contribution in [0.25, 0.3) is 5.73 Å². The van der Waals surface area contributed by atoms with Crippen molar-refractivity contribution in [1.82, 2.24) is 0 Å². The monoisotopic (exact) mass is 494 g/mol. The predicted octanol–water partition coefficient (Wildman–Crippen LogP) is 8.03. The Bertz CT molecular complexity index is 527. The van der Waals surface area contributed by atoms with Gasteiger partial charge in [0.1, 0.15) is 0 Å². The van der Waals surface area contributed by atoms with Crippen molar-refractivity contribution in [3.05, 3.63) is 65.4 Å². The van der Waals surface area contributed by atoms with Crippen molar-refractivity contribution >= 4 is 11.4 Å². The van der Waals surface area contributed by atoms with E-state index in [2.05, 4.69) is 29.1 Å². The van der Waals surface area contributed by atoms with E-state index in [1.807, 2.05) is 50.2 Å². The van der Waals surface area contributed by atoms with E-state index in [1.54, 1.807) is 12.1 Å². The number of rotatable bonds is 3. The van der Waals surface area contributed by atoms with Crippen molar-refractivity contribution < 1.29 is 47.7 Å². The SMILES string of the molecule is C1CCC1.CCCC.COOC.Cc1ccc(NO)cc1.Cc1ccc([NH-])cc1.[Y]. The molecule has 0 unspecified atom stereocenters. The van der Waals surface area contributed by atoms with Crippen molar-refractivity contribution in [2.75, 3.05) is 19.7 Å². The molecule has 0 saturated heterocycles. The Kier molecular flexibility index (Phi) is 29.2. The molecule has 3 rings (SSSR count). The molecule has 5 nitrogen and oxygen atoms in total. The van der Waals surface area contributed by atoms with Gasteiger partial charge in [0.2, 0.25) is 0 Å². The average Bonchev–Trinajstić information content (AvgIpc) is 2.70. The van der Waals surface area contributed by atoms with Gasteiger partial charge < -0.3 is 5.73 Å². The largest absolute Gasteiger partial charge is 0.699 e. The van der Waals surface area contributed by atoms with Crippen LogP contribution in [0.2, 0.25) is 0 Å². The van der Waals surface area contributed by atoms with Gasteiger partial charge in [-0.25, -0.2) is 9.78 Å². The summed E-state index contributed by atoms with van der Waals surface area (Å²) in [5, 5.41) is 8.38. The van der Waals surface area contributed by atoms with E-state index >= 15 is 0 Å². The maximum absolute atomic E-state index is 8.38. The van der Waals surface area contributed by atoms with Gasteiger partial charge in [0.15, 0.2) is 0 Å². The fourth-order valence-electron chi connectivity index (χ4n) is 1.43. The summed E-state index contributed by atoms with van der Waals surface area (Å²) < 4.78 is 0. The second kappa shape index (κ2) is 26.1. The third kappa shape index (κ3) is 25.1. The van der Waals surface area contributed by atoms with Crippen LogP contribution in [0.5, 0.6) is 0 Å². The topological polar surface area (TPSA) is 74.5 Å². The summed E-state index contributed by atoms with van der Waals surface area (Å²) in [5.41, 5.74) is 12.8. The molecule has 1 aliphatic carbocycles. The van der Waals surface area contributed by atoms with Crippen molar-refractivity contribution in [3.63, 3.8) is 0 Å². The fourth-order valence-corrected chi connectivity index (χ4v) is 1.43. The summed E-state index contributed by atoms with van der Waals surface area (Å²) >= 11 is 0. The summed E-state index contributed by atoms with van der Waals surface area (Å²) in [6, 6.07) is 14.9. The van der Waals surface area contributed by atoms with E-state index in [1.165, 1.54) is 63.9 Å². The average molecular weight is 495 g/mol. The number of unbranched alkanes of at least 4 members (excludes halogenated alkanes) is 1. The summed E-state index contributed by atoms with van der Waals surface area (Å²) in [4.78, 5) is 8.08. The van der Waals surface area contributed by atoms with E-state index in [9.17, 15) is 0 Å². The summed E-state index contributed by atoms with van der Waals surface area (Å²) in [5.74, 6) is 0. The maximum atomic E-state index is 8.38. The normalized spacial score (nSPS) is 10.4. The first-order valence-electron chi connectivity index (χ1n) is 10.3. The first-order chi connectivity index (χ1) is 13.9. The standard InChI is InChI=1S/C7H9NO.C7H8N.C4H8.C4H10.C2H6O2.Y/c1-6-2-4-7(8-9)5-3-6;1-6-2-4-7(8)5-3-6;1-2-4-3-1;2*1-3-4-2;/h2-5,8-9H,1H3;2-5,8H,1H3;1-4H2;3-4H2,1-2H3;1-2H3;/q;-1;;;;. The molecule has 6 heteroatoms. The Labute approximate surface area is 209 Å². The van der Waals surface area contributed by atoms with Gasteiger partial charge >= 0.3 is 0 Å². The number of hydrogen-bond acceptors (Lipinski definition) is 4. The number of hydrogen-bond donors (Lipinski definition) is 2. The molecule has 0 atom stereocenters. The quantitative estimate of drug-likeness (QED) is 0.335. The smallest absolute Gasteiger partial charge is 0.0712 e. The zero-order valence-corrected chi connectivity index (χ0v) is 22.5. The number of anilines is 1. The van der Waals surface area contributed by atoms with E-state index < -0.39 is 0 Å². The summed E-state index contributed by atoms with van der Waals surface area (Å²) in [6.45, 7) is 8.38. The van der Waals surface area contributed by atoms with Gasteiger partial charge in [0, 0.05) is 32.7 Å². The van der Waals surface area contributed by atoms with Crippen LogP contribution in [0.1, 0.15) is 63.5 Å². The predicted molar refractivity (Wildman–Crippen MR) is 125 cm³/mol. The molecule has 2 aromatic rings. The van der Waals surface area contributed by atoms with Crippen LogP contribution in [-0.2, 0) is 42.5 Å². The minimum absolute atomic E-state index is 0. The van der Waals surface area contributed by atoms with Crippen LogP contribution in [0, 0.1) is 13.8 Å². The molecule has 169 valence electrons. The van der Waals surface area contributed by atoms with Crippen LogP contribution >= 0.6 is 0 Å². The molecule has 0 bridgehead atoms. The molecule has 0 amide bonds. The van der Waals surface area contributed by atoms with Crippen LogP contribution in [-0.4, -0.2) is 19.4 Å². The van der Waals surface area contributed by atoms with Crippen molar-refractivity contribution in [2.45, 2.75) is 66.2 Å². The molecule has 2 aromatic carbocycles. The van der Waals surface area contributed by atoms with Gasteiger partial charge in [-0.2, -0.15) is 0 Å². The molecule has 0 aromatic heterocycles. The molecule has 3 N–H and O–H groups in total. The Balaban J connectivity index is -0.000000318. The molecular weight excluding hydrogens is 453 g/mol. The van der Waals surface area contributed by atoms with Crippen LogP contribution in [0.15, 0.2) is 48.5 Å². The molecule has 0 heterocycles. The first-order valence-corrected chi connectivity index (χ1v) is 10.3. The molecular formula is C24H41N2O3Y-. The Hall–Kier alpha value is -0.976. The molecule has 1 fully saturated rings. The third-order valence-electron chi connectivity index (χ3n) is 3.90. The van der Waals surface area contributed by atoms with E-state index in [-0.39, 0.29) is 32.7 Å². The van der Waals surface area contributed by atoms with Gasteiger partial charge in [0.05, 0.1) is 19.9 Å². The molecule has 1 aliphatic rings. The summed E-state index contributed by atoms with van der Waals surface area (Å²) in [7, 11) is 2.92. The first kappa shape index (κ1) is 33.7. The third-order valence-corrected chi connectivity index (χ3v) is 3.90. The molecule has 1 radical (unpaired) electrons. The maximum Gasteiger partial charge on any atom is 0.0712 e. The number of benzene rings is 2. The Morgan fingerprint density at radius 2 is 1.10 bits per heavy atom. The van der Waals surface area contributed by atoms with Gasteiger partial charge in [-0.1, -0.05) is 99.9 Å². The van der Waals surface area contributed by atoms with Gasteiger partial charge in [0.25, 0.3) is 0 Å². The minimum Gasteiger partial charge on any atom is -0.699 e. The van der Waals surface area contributed by atoms with Crippen molar-refractivity contribution in [2.24, 2.45) is 0 Å². The zero-order chi connectivity index (χ0) is 22.3. The Morgan fingerprint density at radius 1 is 0.767 bits per heavy atom. The van der Waals surface area contributed by atoms with Crippen molar-refractivity contribution in [1.29, 1.82) is 0 Å². The minimum atomic E-state index is 0. The second-order valence-electron chi connectivity index (χ2n) is 6.59.